The van der Waals surface area contributed by atoms with Crippen molar-refractivity contribution in [1.82, 2.24) is 15.3 Å². The Bertz CT molecular complexity index is 1190. The molecule has 5 rings (SSSR count). The lowest BCUT2D eigenvalue weighted by atomic mass is 9.97. The molecular formula is C26H24N4O. The highest BCUT2D eigenvalue weighted by Crippen LogP contribution is 2.33. The van der Waals surface area contributed by atoms with Crippen molar-refractivity contribution in [1.29, 1.82) is 0 Å². The molecule has 31 heavy (non-hydrogen) atoms. The number of carbonyl (C=O) groups is 1. The van der Waals surface area contributed by atoms with Gasteiger partial charge in [-0.1, -0.05) is 36.4 Å². The maximum absolute atomic E-state index is 12.7. The number of benzene rings is 2. The van der Waals surface area contributed by atoms with Crippen molar-refractivity contribution in [3.05, 3.63) is 102 Å². The molecule has 0 saturated carbocycles. The molecule has 1 saturated heterocycles. The van der Waals surface area contributed by atoms with E-state index in [1.165, 1.54) is 11.1 Å². The standard InChI is InChI=1S/C26H24N4O/c31-26-14-23(18-30(26)25-9-8-22-16-27-12-10-21(22)13-25)20-6-4-19(5-7-20)15-28-17-24-3-1-2-11-29-24/h1-13,16,23,28H,14-15,17-18H2. The molecule has 0 aliphatic carbocycles. The number of carbonyl (C=O) groups excluding carboxylic acids is 1. The highest BCUT2D eigenvalue weighted by Gasteiger charge is 2.31. The van der Waals surface area contributed by atoms with E-state index in [1.807, 2.05) is 53.7 Å². The van der Waals surface area contributed by atoms with Crippen LogP contribution in [0.4, 0.5) is 5.69 Å². The molecule has 0 spiro atoms. The predicted molar refractivity (Wildman–Crippen MR) is 123 cm³/mol. The van der Waals surface area contributed by atoms with Gasteiger partial charge in [0.1, 0.15) is 0 Å². The number of pyridine rings is 2. The highest BCUT2D eigenvalue weighted by molar-refractivity contribution is 5.98. The number of nitrogens with one attached hydrogen (secondary N) is 1. The minimum Gasteiger partial charge on any atom is -0.312 e. The van der Waals surface area contributed by atoms with Crippen LogP contribution in [0.5, 0.6) is 0 Å². The van der Waals surface area contributed by atoms with Crippen molar-refractivity contribution in [2.45, 2.75) is 25.4 Å². The van der Waals surface area contributed by atoms with E-state index >= 15 is 0 Å². The number of rotatable bonds is 6. The lowest BCUT2D eigenvalue weighted by molar-refractivity contribution is -0.117. The van der Waals surface area contributed by atoms with Gasteiger partial charge in [0.15, 0.2) is 0 Å². The summed E-state index contributed by atoms with van der Waals surface area (Å²) in [5, 5.41) is 5.62. The van der Waals surface area contributed by atoms with E-state index in [9.17, 15) is 4.79 Å². The first-order valence-corrected chi connectivity index (χ1v) is 10.6. The van der Waals surface area contributed by atoms with Crippen LogP contribution in [-0.4, -0.2) is 22.4 Å². The first-order chi connectivity index (χ1) is 15.3. The lowest BCUT2D eigenvalue weighted by Crippen LogP contribution is -2.24. The third-order valence-electron chi connectivity index (χ3n) is 5.87. The van der Waals surface area contributed by atoms with E-state index < -0.39 is 0 Å². The predicted octanol–water partition coefficient (Wildman–Crippen LogP) is 4.44. The summed E-state index contributed by atoms with van der Waals surface area (Å²) < 4.78 is 0. The summed E-state index contributed by atoms with van der Waals surface area (Å²) in [6.07, 6.45) is 5.99. The molecule has 1 aliphatic rings. The molecule has 1 aliphatic heterocycles. The molecule has 5 heteroatoms. The van der Waals surface area contributed by atoms with Gasteiger partial charge in [0, 0.05) is 61.6 Å². The Morgan fingerprint density at radius 2 is 1.84 bits per heavy atom. The van der Waals surface area contributed by atoms with Crippen LogP contribution in [0.25, 0.3) is 10.8 Å². The minimum absolute atomic E-state index is 0.180. The molecule has 2 aromatic heterocycles. The summed E-state index contributed by atoms with van der Waals surface area (Å²) in [7, 11) is 0. The van der Waals surface area contributed by atoms with Gasteiger partial charge in [-0.3, -0.25) is 14.8 Å². The quantitative estimate of drug-likeness (QED) is 0.512. The summed E-state index contributed by atoms with van der Waals surface area (Å²) in [6.45, 7) is 2.25. The molecule has 3 heterocycles. The van der Waals surface area contributed by atoms with E-state index in [1.54, 1.807) is 6.20 Å². The molecule has 154 valence electrons. The maximum atomic E-state index is 12.7. The fourth-order valence-electron chi connectivity index (χ4n) is 4.16. The fraction of sp³-hybridized carbons (Fsp3) is 0.192. The topological polar surface area (TPSA) is 58.1 Å². The first kappa shape index (κ1) is 19.4. The van der Waals surface area contributed by atoms with Gasteiger partial charge in [-0.05, 0) is 46.8 Å². The Hall–Kier alpha value is -3.57. The fourth-order valence-corrected chi connectivity index (χ4v) is 4.16. The Balaban J connectivity index is 1.23. The van der Waals surface area contributed by atoms with Crippen LogP contribution >= 0.6 is 0 Å². The Kier molecular flexibility index (Phi) is 5.42. The van der Waals surface area contributed by atoms with Crippen LogP contribution < -0.4 is 10.2 Å². The minimum atomic E-state index is 0.180. The average molecular weight is 409 g/mol. The van der Waals surface area contributed by atoms with Crippen LogP contribution in [0.15, 0.2) is 85.3 Å². The second kappa shape index (κ2) is 8.66. The number of nitrogens with zero attached hydrogens (tertiary/aromatic N) is 3. The number of fused-ring (bicyclic) bond motifs is 1. The zero-order valence-corrected chi connectivity index (χ0v) is 17.2. The molecule has 0 bridgehead atoms. The summed E-state index contributed by atoms with van der Waals surface area (Å²) in [4.78, 5) is 23.1. The number of anilines is 1. The Morgan fingerprint density at radius 3 is 2.68 bits per heavy atom. The van der Waals surface area contributed by atoms with Gasteiger partial charge in [-0.25, -0.2) is 0 Å². The van der Waals surface area contributed by atoms with E-state index in [2.05, 4.69) is 45.6 Å². The molecule has 1 amide bonds. The Morgan fingerprint density at radius 1 is 0.935 bits per heavy atom. The van der Waals surface area contributed by atoms with Gasteiger partial charge in [-0.15, -0.1) is 0 Å². The van der Waals surface area contributed by atoms with Gasteiger partial charge >= 0.3 is 0 Å². The van der Waals surface area contributed by atoms with Crippen molar-refractivity contribution in [3.63, 3.8) is 0 Å². The third kappa shape index (κ3) is 4.32. The summed E-state index contributed by atoms with van der Waals surface area (Å²) in [5.74, 6) is 0.399. The molecule has 1 atom stereocenters. The van der Waals surface area contributed by atoms with E-state index in [-0.39, 0.29) is 11.8 Å². The van der Waals surface area contributed by atoms with Crippen LogP contribution in [-0.2, 0) is 17.9 Å². The first-order valence-electron chi connectivity index (χ1n) is 10.6. The van der Waals surface area contributed by atoms with Crippen molar-refractivity contribution >= 4 is 22.4 Å². The van der Waals surface area contributed by atoms with E-state index in [0.717, 1.165) is 35.2 Å². The average Bonchev–Trinajstić information content (AvgIpc) is 3.21. The van der Waals surface area contributed by atoms with Gasteiger partial charge in [0.25, 0.3) is 0 Å². The van der Waals surface area contributed by atoms with Gasteiger partial charge in [-0.2, -0.15) is 0 Å². The molecule has 1 unspecified atom stereocenters. The molecule has 0 radical (unpaired) electrons. The van der Waals surface area contributed by atoms with Crippen LogP contribution in [0.1, 0.15) is 29.2 Å². The molecule has 2 aromatic carbocycles. The number of hydrogen-bond acceptors (Lipinski definition) is 4. The van der Waals surface area contributed by atoms with E-state index in [0.29, 0.717) is 13.0 Å². The number of aromatic nitrogens is 2. The van der Waals surface area contributed by atoms with Crippen molar-refractivity contribution < 1.29 is 4.79 Å². The van der Waals surface area contributed by atoms with E-state index in [4.69, 9.17) is 0 Å². The zero-order valence-electron chi connectivity index (χ0n) is 17.2. The maximum Gasteiger partial charge on any atom is 0.227 e. The van der Waals surface area contributed by atoms with Crippen LogP contribution in [0.3, 0.4) is 0 Å². The van der Waals surface area contributed by atoms with Crippen molar-refractivity contribution in [2.24, 2.45) is 0 Å². The van der Waals surface area contributed by atoms with Crippen LogP contribution in [0.2, 0.25) is 0 Å². The third-order valence-corrected chi connectivity index (χ3v) is 5.87. The molecule has 5 nitrogen and oxygen atoms in total. The monoisotopic (exact) mass is 408 g/mol. The normalized spacial score (nSPS) is 16.2. The molecule has 1 N–H and O–H groups in total. The number of amides is 1. The van der Waals surface area contributed by atoms with Gasteiger partial charge in [0.05, 0.1) is 5.69 Å². The SMILES string of the molecule is O=C1CC(c2ccc(CNCc3ccccn3)cc2)CN1c1ccc2cnccc2c1. The summed E-state index contributed by atoms with van der Waals surface area (Å²) in [5.41, 5.74) is 4.44. The zero-order chi connectivity index (χ0) is 21.0. The van der Waals surface area contributed by atoms with Gasteiger partial charge < -0.3 is 10.2 Å². The molecule has 1 fully saturated rings. The highest BCUT2D eigenvalue weighted by atomic mass is 16.2. The Labute approximate surface area is 181 Å². The number of hydrogen-bond donors (Lipinski definition) is 1. The van der Waals surface area contributed by atoms with Gasteiger partial charge in [0.2, 0.25) is 5.91 Å². The summed E-state index contributed by atoms with van der Waals surface area (Å²) in [6, 6.07) is 22.7. The van der Waals surface area contributed by atoms with Crippen molar-refractivity contribution in [3.8, 4) is 0 Å². The summed E-state index contributed by atoms with van der Waals surface area (Å²) >= 11 is 0. The largest absolute Gasteiger partial charge is 0.312 e. The van der Waals surface area contributed by atoms with Crippen LogP contribution in [0, 0.1) is 0 Å². The second-order valence-electron chi connectivity index (χ2n) is 7.98. The smallest absolute Gasteiger partial charge is 0.227 e. The van der Waals surface area contributed by atoms with Crippen molar-refractivity contribution in [2.75, 3.05) is 11.4 Å². The molecular weight excluding hydrogens is 384 g/mol. The lowest BCUT2D eigenvalue weighted by Gasteiger charge is -2.18. The molecule has 4 aromatic rings. The second-order valence-corrected chi connectivity index (χ2v) is 7.98.